The fraction of sp³-hybridized carbons (Fsp3) is 0.700. The van der Waals surface area contributed by atoms with Crippen molar-refractivity contribution in [2.45, 2.75) is 31.1 Å². The third kappa shape index (κ3) is 2.48. The molecule has 90 valence electrons. The lowest BCUT2D eigenvalue weighted by molar-refractivity contribution is 0.412. The Morgan fingerprint density at radius 1 is 1.50 bits per heavy atom. The van der Waals surface area contributed by atoms with E-state index < -0.39 is 9.84 Å². The van der Waals surface area contributed by atoms with Gasteiger partial charge in [0.25, 0.3) is 0 Å². The highest BCUT2D eigenvalue weighted by atomic mass is 79.9. The van der Waals surface area contributed by atoms with Crippen LogP contribution in [0.4, 0.5) is 0 Å². The van der Waals surface area contributed by atoms with Gasteiger partial charge >= 0.3 is 0 Å². The molecule has 2 rings (SSSR count). The average Bonchev–Trinajstić information content (AvgIpc) is 2.59. The number of halogens is 1. The van der Waals surface area contributed by atoms with Gasteiger partial charge in [-0.3, -0.25) is 4.68 Å². The Balaban J connectivity index is 2.14. The standard InChI is InChI=1S/C10H15BrN2O2S/c1-8-9(6-11)7-13(12-8)10-2-4-16(14,15)5-3-10/h7,10H,2-6H2,1H3. The molecule has 1 aliphatic rings. The molecule has 0 radical (unpaired) electrons. The Hall–Kier alpha value is -0.360. The summed E-state index contributed by atoms with van der Waals surface area (Å²) in [6, 6.07) is 0.245. The number of hydrogen-bond acceptors (Lipinski definition) is 3. The van der Waals surface area contributed by atoms with Gasteiger partial charge in [0.15, 0.2) is 0 Å². The monoisotopic (exact) mass is 306 g/mol. The first-order valence-corrected chi connectivity index (χ1v) is 8.27. The first-order valence-electron chi connectivity index (χ1n) is 5.33. The summed E-state index contributed by atoms with van der Waals surface area (Å²) >= 11 is 3.41. The first kappa shape index (κ1) is 12.1. The molecule has 0 N–H and O–H groups in total. The zero-order valence-corrected chi connectivity index (χ0v) is 11.6. The van der Waals surface area contributed by atoms with E-state index in [2.05, 4.69) is 21.0 Å². The molecule has 0 bridgehead atoms. The third-order valence-corrected chi connectivity index (χ3v) is 5.38. The highest BCUT2D eigenvalue weighted by Gasteiger charge is 2.25. The smallest absolute Gasteiger partial charge is 0.150 e. The quantitative estimate of drug-likeness (QED) is 0.783. The molecule has 0 aromatic carbocycles. The van der Waals surface area contributed by atoms with Gasteiger partial charge in [-0.05, 0) is 19.8 Å². The normalized spacial score (nSPS) is 21.1. The van der Waals surface area contributed by atoms with E-state index in [0.29, 0.717) is 24.3 Å². The molecule has 0 spiro atoms. The van der Waals surface area contributed by atoms with Gasteiger partial charge in [0.2, 0.25) is 0 Å². The van der Waals surface area contributed by atoms with E-state index in [9.17, 15) is 8.42 Å². The van der Waals surface area contributed by atoms with E-state index in [1.165, 1.54) is 5.56 Å². The largest absolute Gasteiger partial charge is 0.269 e. The van der Waals surface area contributed by atoms with Gasteiger partial charge in [-0.25, -0.2) is 8.42 Å². The number of sulfone groups is 1. The molecule has 4 nitrogen and oxygen atoms in total. The van der Waals surface area contributed by atoms with Gasteiger partial charge in [-0.2, -0.15) is 5.10 Å². The Morgan fingerprint density at radius 3 is 2.62 bits per heavy atom. The molecule has 0 unspecified atom stereocenters. The summed E-state index contributed by atoms with van der Waals surface area (Å²) in [5.74, 6) is 0.584. The summed E-state index contributed by atoms with van der Waals surface area (Å²) in [5, 5.41) is 5.24. The topological polar surface area (TPSA) is 52.0 Å². The van der Waals surface area contributed by atoms with Gasteiger partial charge in [0.05, 0.1) is 23.2 Å². The minimum absolute atomic E-state index is 0.245. The lowest BCUT2D eigenvalue weighted by Crippen LogP contribution is -2.25. The number of aromatic nitrogens is 2. The summed E-state index contributed by atoms with van der Waals surface area (Å²) in [6.45, 7) is 1.98. The molecule has 2 heterocycles. The minimum atomic E-state index is -2.78. The zero-order chi connectivity index (χ0) is 11.8. The van der Waals surface area contributed by atoms with Crippen LogP contribution in [-0.4, -0.2) is 29.7 Å². The number of nitrogens with zero attached hydrogens (tertiary/aromatic N) is 2. The van der Waals surface area contributed by atoms with Gasteiger partial charge in [0.1, 0.15) is 9.84 Å². The molecule has 16 heavy (non-hydrogen) atoms. The average molecular weight is 307 g/mol. The van der Waals surface area contributed by atoms with E-state index in [-0.39, 0.29) is 6.04 Å². The molecule has 1 aromatic rings. The van der Waals surface area contributed by atoms with Gasteiger partial charge in [-0.1, -0.05) is 15.9 Å². The van der Waals surface area contributed by atoms with Gasteiger partial charge in [0, 0.05) is 17.1 Å². The van der Waals surface area contributed by atoms with Gasteiger partial charge in [-0.15, -0.1) is 0 Å². The van der Waals surface area contributed by atoms with Crippen LogP contribution in [0.15, 0.2) is 6.20 Å². The number of aryl methyl sites for hydroxylation is 1. The summed E-state index contributed by atoms with van der Waals surface area (Å²) in [6.07, 6.45) is 3.39. The van der Waals surface area contributed by atoms with E-state index >= 15 is 0 Å². The summed E-state index contributed by atoms with van der Waals surface area (Å²) in [4.78, 5) is 0. The van der Waals surface area contributed by atoms with Crippen LogP contribution in [0.5, 0.6) is 0 Å². The molecule has 0 atom stereocenters. The van der Waals surface area contributed by atoms with E-state index in [1.54, 1.807) is 0 Å². The maximum absolute atomic E-state index is 11.3. The van der Waals surface area contributed by atoms with Crippen LogP contribution >= 0.6 is 15.9 Å². The lowest BCUT2D eigenvalue weighted by atomic mass is 10.2. The van der Waals surface area contributed by atoms with Crippen molar-refractivity contribution in [3.05, 3.63) is 17.5 Å². The van der Waals surface area contributed by atoms with Crippen molar-refractivity contribution < 1.29 is 8.42 Å². The highest BCUT2D eigenvalue weighted by molar-refractivity contribution is 9.08. The van der Waals surface area contributed by atoms with Crippen LogP contribution in [0.2, 0.25) is 0 Å². The van der Waals surface area contributed by atoms with Crippen LogP contribution in [-0.2, 0) is 15.2 Å². The Kier molecular flexibility index (Phi) is 3.39. The first-order chi connectivity index (χ1) is 7.52. The van der Waals surface area contributed by atoms with Crippen LogP contribution in [0.1, 0.15) is 30.1 Å². The fourth-order valence-electron chi connectivity index (χ4n) is 1.98. The van der Waals surface area contributed by atoms with Crippen molar-refractivity contribution in [1.29, 1.82) is 0 Å². The lowest BCUT2D eigenvalue weighted by Gasteiger charge is -2.22. The predicted octanol–water partition coefficient (Wildman–Crippen LogP) is 1.84. The fourth-order valence-corrected chi connectivity index (χ4v) is 4.00. The second kappa shape index (κ2) is 4.49. The number of hydrogen-bond donors (Lipinski definition) is 0. The van der Waals surface area contributed by atoms with Crippen molar-refractivity contribution in [2.75, 3.05) is 11.5 Å². The Bertz CT molecular complexity index is 467. The van der Waals surface area contributed by atoms with Crippen LogP contribution in [0, 0.1) is 6.92 Å². The van der Waals surface area contributed by atoms with Crippen molar-refractivity contribution in [3.8, 4) is 0 Å². The molecule has 6 heteroatoms. The SMILES string of the molecule is Cc1nn(C2CCS(=O)(=O)CC2)cc1CBr. The predicted molar refractivity (Wildman–Crippen MR) is 66.5 cm³/mol. The van der Waals surface area contributed by atoms with Gasteiger partial charge < -0.3 is 0 Å². The van der Waals surface area contributed by atoms with Crippen LogP contribution in [0.25, 0.3) is 0 Å². The molecular formula is C10H15BrN2O2S. The van der Waals surface area contributed by atoms with Crippen molar-refractivity contribution in [1.82, 2.24) is 9.78 Å². The second-order valence-corrected chi connectivity index (χ2v) is 7.10. The Labute approximate surface area is 104 Å². The number of alkyl halides is 1. The Morgan fingerprint density at radius 2 is 2.12 bits per heavy atom. The maximum Gasteiger partial charge on any atom is 0.150 e. The molecular weight excluding hydrogens is 292 g/mol. The minimum Gasteiger partial charge on any atom is -0.269 e. The van der Waals surface area contributed by atoms with E-state index in [1.807, 2.05) is 17.8 Å². The van der Waals surface area contributed by atoms with Crippen molar-refractivity contribution in [2.24, 2.45) is 0 Å². The van der Waals surface area contributed by atoms with Crippen molar-refractivity contribution in [3.63, 3.8) is 0 Å². The molecule has 0 aliphatic carbocycles. The van der Waals surface area contributed by atoms with Crippen molar-refractivity contribution >= 4 is 25.8 Å². The van der Waals surface area contributed by atoms with E-state index in [4.69, 9.17) is 0 Å². The molecule has 1 saturated heterocycles. The molecule has 1 aliphatic heterocycles. The second-order valence-electron chi connectivity index (χ2n) is 4.24. The van der Waals surface area contributed by atoms with E-state index in [0.717, 1.165) is 11.0 Å². The maximum atomic E-state index is 11.3. The van der Waals surface area contributed by atoms with Crippen LogP contribution < -0.4 is 0 Å². The third-order valence-electron chi connectivity index (χ3n) is 3.06. The molecule has 0 amide bonds. The summed E-state index contributed by atoms with van der Waals surface area (Å²) in [5.41, 5.74) is 2.19. The zero-order valence-electron chi connectivity index (χ0n) is 9.19. The van der Waals surface area contributed by atoms with Crippen LogP contribution in [0.3, 0.4) is 0 Å². The summed E-state index contributed by atoms with van der Waals surface area (Å²) < 4.78 is 24.6. The highest BCUT2D eigenvalue weighted by Crippen LogP contribution is 2.24. The molecule has 1 fully saturated rings. The molecule has 0 saturated carbocycles. The number of rotatable bonds is 2. The molecule has 1 aromatic heterocycles. The summed E-state index contributed by atoms with van der Waals surface area (Å²) in [7, 11) is -2.78.